The van der Waals surface area contributed by atoms with Crippen LogP contribution in [0.5, 0.6) is 0 Å². The highest BCUT2D eigenvalue weighted by atomic mass is 35.5. The van der Waals surface area contributed by atoms with Crippen molar-refractivity contribution in [3.8, 4) is 0 Å². The van der Waals surface area contributed by atoms with Gasteiger partial charge in [-0.15, -0.1) is 12.4 Å². The van der Waals surface area contributed by atoms with Gasteiger partial charge in [-0.3, -0.25) is 4.79 Å². The molecule has 0 saturated carbocycles. The summed E-state index contributed by atoms with van der Waals surface area (Å²) in [6.07, 6.45) is 0.682. The van der Waals surface area contributed by atoms with Crippen LogP contribution in [0.2, 0.25) is 0 Å². The summed E-state index contributed by atoms with van der Waals surface area (Å²) in [7, 11) is 0. The molecule has 1 aromatic rings. The molecule has 1 saturated heterocycles. The Balaban J connectivity index is 0.00000200. The first kappa shape index (κ1) is 16.9. The minimum Gasteiger partial charge on any atom is -0.338 e. The molecule has 20 heavy (non-hydrogen) atoms. The monoisotopic (exact) mass is 304 g/mol. The molecule has 0 spiro atoms. The molecule has 0 bridgehead atoms. The molecule has 1 amide bonds. The van der Waals surface area contributed by atoms with Gasteiger partial charge in [-0.25, -0.2) is 8.78 Å². The second-order valence-corrected chi connectivity index (χ2v) is 5.73. The molecular formula is C14H19ClF2N2O. The highest BCUT2D eigenvalue weighted by Gasteiger charge is 2.36. The maximum absolute atomic E-state index is 13.6. The maximum atomic E-state index is 13.6. The summed E-state index contributed by atoms with van der Waals surface area (Å²) in [5, 5.41) is 0. The van der Waals surface area contributed by atoms with Crippen LogP contribution in [0, 0.1) is 17.0 Å². The van der Waals surface area contributed by atoms with E-state index in [-0.39, 0.29) is 29.4 Å². The average molecular weight is 305 g/mol. The van der Waals surface area contributed by atoms with Gasteiger partial charge < -0.3 is 10.6 Å². The third kappa shape index (κ3) is 3.27. The standard InChI is InChI=1S/C14H18F2N2O.ClH/c1-14(2)8-18(6-5-12(14)17)13(19)10-4-3-9(15)7-11(10)16;/h3-4,7,12H,5-6,8,17H2,1-2H3;1H. The number of likely N-dealkylation sites (tertiary alicyclic amines) is 1. The Kier molecular flexibility index (Phi) is 5.10. The van der Waals surface area contributed by atoms with Gasteiger partial charge in [0.2, 0.25) is 0 Å². The lowest BCUT2D eigenvalue weighted by Gasteiger charge is -2.42. The second-order valence-electron chi connectivity index (χ2n) is 5.73. The smallest absolute Gasteiger partial charge is 0.256 e. The summed E-state index contributed by atoms with van der Waals surface area (Å²) < 4.78 is 26.5. The Hall–Kier alpha value is -1.20. The summed E-state index contributed by atoms with van der Waals surface area (Å²) in [6, 6.07) is 3.04. The summed E-state index contributed by atoms with van der Waals surface area (Å²) in [6.45, 7) is 4.94. The molecule has 1 heterocycles. The van der Waals surface area contributed by atoms with Crippen molar-refractivity contribution < 1.29 is 13.6 Å². The number of benzene rings is 1. The molecule has 112 valence electrons. The van der Waals surface area contributed by atoms with E-state index in [1.54, 1.807) is 4.90 Å². The van der Waals surface area contributed by atoms with E-state index in [4.69, 9.17) is 5.73 Å². The molecule has 6 heteroatoms. The van der Waals surface area contributed by atoms with E-state index in [1.165, 1.54) is 6.07 Å². The highest BCUT2D eigenvalue weighted by Crippen LogP contribution is 2.28. The van der Waals surface area contributed by atoms with Crippen molar-refractivity contribution in [2.75, 3.05) is 13.1 Å². The molecule has 1 aliphatic heterocycles. The topological polar surface area (TPSA) is 46.3 Å². The van der Waals surface area contributed by atoms with Gasteiger partial charge in [-0.2, -0.15) is 0 Å². The minimum absolute atomic E-state index is 0. The first-order valence-corrected chi connectivity index (χ1v) is 6.31. The van der Waals surface area contributed by atoms with Crippen molar-refractivity contribution in [3.05, 3.63) is 35.4 Å². The molecular weight excluding hydrogens is 286 g/mol. The SMILES string of the molecule is CC1(C)CN(C(=O)c2ccc(F)cc2F)CCC1N.Cl. The number of hydrogen-bond donors (Lipinski definition) is 1. The van der Waals surface area contributed by atoms with Crippen LogP contribution >= 0.6 is 12.4 Å². The number of piperidine rings is 1. The van der Waals surface area contributed by atoms with Crippen LogP contribution in [0.4, 0.5) is 8.78 Å². The van der Waals surface area contributed by atoms with Gasteiger partial charge in [0.25, 0.3) is 5.91 Å². The molecule has 1 aromatic carbocycles. The van der Waals surface area contributed by atoms with Crippen molar-refractivity contribution in [3.63, 3.8) is 0 Å². The first-order valence-electron chi connectivity index (χ1n) is 6.31. The predicted octanol–water partition coefficient (Wildman–Crippen LogP) is 2.59. The number of nitrogens with zero attached hydrogens (tertiary/aromatic N) is 1. The van der Waals surface area contributed by atoms with Gasteiger partial charge in [0.1, 0.15) is 11.6 Å². The lowest BCUT2D eigenvalue weighted by Crippen LogP contribution is -2.54. The molecule has 0 aliphatic carbocycles. The quantitative estimate of drug-likeness (QED) is 0.867. The highest BCUT2D eigenvalue weighted by molar-refractivity contribution is 5.94. The number of amides is 1. The number of nitrogens with two attached hydrogens (primary N) is 1. The van der Waals surface area contributed by atoms with Crippen LogP contribution in [0.3, 0.4) is 0 Å². The van der Waals surface area contributed by atoms with E-state index >= 15 is 0 Å². The van der Waals surface area contributed by atoms with Crippen molar-refractivity contribution in [2.45, 2.75) is 26.3 Å². The van der Waals surface area contributed by atoms with E-state index in [2.05, 4.69) is 0 Å². The fraction of sp³-hybridized carbons (Fsp3) is 0.500. The molecule has 0 radical (unpaired) electrons. The van der Waals surface area contributed by atoms with Crippen molar-refractivity contribution >= 4 is 18.3 Å². The van der Waals surface area contributed by atoms with Crippen LogP contribution in [-0.4, -0.2) is 29.9 Å². The fourth-order valence-corrected chi connectivity index (χ4v) is 2.38. The zero-order valence-electron chi connectivity index (χ0n) is 11.5. The van der Waals surface area contributed by atoms with Gasteiger partial charge >= 0.3 is 0 Å². The normalized spacial score (nSPS) is 21.2. The van der Waals surface area contributed by atoms with Crippen molar-refractivity contribution in [2.24, 2.45) is 11.1 Å². The van der Waals surface area contributed by atoms with E-state index in [9.17, 15) is 13.6 Å². The van der Waals surface area contributed by atoms with Gasteiger partial charge in [-0.05, 0) is 24.0 Å². The van der Waals surface area contributed by atoms with Gasteiger partial charge in [0, 0.05) is 25.2 Å². The molecule has 3 nitrogen and oxygen atoms in total. The molecule has 1 fully saturated rings. The fourth-order valence-electron chi connectivity index (χ4n) is 2.38. The lowest BCUT2D eigenvalue weighted by molar-refractivity contribution is 0.0528. The number of carbonyl (C=O) groups excluding carboxylic acids is 1. The summed E-state index contributed by atoms with van der Waals surface area (Å²) in [5.41, 5.74) is 5.71. The largest absolute Gasteiger partial charge is 0.338 e. The Labute approximate surface area is 123 Å². The van der Waals surface area contributed by atoms with Crippen LogP contribution in [0.1, 0.15) is 30.6 Å². The third-order valence-corrected chi connectivity index (χ3v) is 3.76. The van der Waals surface area contributed by atoms with E-state index in [1.807, 2.05) is 13.8 Å². The Morgan fingerprint density at radius 1 is 1.40 bits per heavy atom. The summed E-state index contributed by atoms with van der Waals surface area (Å²) in [4.78, 5) is 13.8. The Morgan fingerprint density at radius 3 is 2.60 bits per heavy atom. The first-order chi connectivity index (χ1) is 8.81. The minimum atomic E-state index is -0.822. The van der Waals surface area contributed by atoms with Crippen LogP contribution in [-0.2, 0) is 0 Å². The van der Waals surface area contributed by atoms with Gasteiger partial charge in [-0.1, -0.05) is 13.8 Å². The average Bonchev–Trinajstić information content (AvgIpc) is 2.32. The molecule has 1 atom stereocenters. The zero-order chi connectivity index (χ0) is 14.2. The van der Waals surface area contributed by atoms with Crippen molar-refractivity contribution in [1.29, 1.82) is 0 Å². The van der Waals surface area contributed by atoms with Crippen molar-refractivity contribution in [1.82, 2.24) is 4.90 Å². The summed E-state index contributed by atoms with van der Waals surface area (Å²) in [5.74, 6) is -1.91. The zero-order valence-corrected chi connectivity index (χ0v) is 12.3. The summed E-state index contributed by atoms with van der Waals surface area (Å²) >= 11 is 0. The molecule has 0 aromatic heterocycles. The van der Waals surface area contributed by atoms with Gasteiger partial charge in [0.15, 0.2) is 0 Å². The maximum Gasteiger partial charge on any atom is 0.256 e. The number of hydrogen-bond acceptors (Lipinski definition) is 2. The van der Waals surface area contributed by atoms with E-state index < -0.39 is 17.5 Å². The van der Waals surface area contributed by atoms with Crippen LogP contribution in [0.15, 0.2) is 18.2 Å². The Morgan fingerprint density at radius 2 is 2.05 bits per heavy atom. The number of rotatable bonds is 1. The number of carbonyl (C=O) groups is 1. The van der Waals surface area contributed by atoms with Crippen LogP contribution in [0.25, 0.3) is 0 Å². The molecule has 1 aliphatic rings. The molecule has 2 rings (SSSR count). The van der Waals surface area contributed by atoms with Gasteiger partial charge in [0.05, 0.1) is 5.56 Å². The molecule has 2 N–H and O–H groups in total. The predicted molar refractivity (Wildman–Crippen MR) is 75.9 cm³/mol. The Bertz CT molecular complexity index is 508. The third-order valence-electron chi connectivity index (χ3n) is 3.76. The second kappa shape index (κ2) is 6.06. The van der Waals surface area contributed by atoms with Crippen LogP contribution < -0.4 is 5.73 Å². The molecule has 1 unspecified atom stereocenters. The van der Waals surface area contributed by atoms with E-state index in [0.717, 1.165) is 12.1 Å². The van der Waals surface area contributed by atoms with E-state index in [0.29, 0.717) is 19.5 Å². The number of halogens is 3. The lowest BCUT2D eigenvalue weighted by atomic mass is 9.79.